The number of aryl methyl sites for hydroxylation is 2. The average molecular weight is 251 g/mol. The summed E-state index contributed by atoms with van der Waals surface area (Å²) in [5.74, 6) is 0. The van der Waals surface area contributed by atoms with Crippen LogP contribution in [0.2, 0.25) is 0 Å². The van der Waals surface area contributed by atoms with Crippen LogP contribution in [0, 0.1) is 5.41 Å². The zero-order chi connectivity index (χ0) is 13.0. The molecule has 1 saturated carbocycles. The van der Waals surface area contributed by atoms with Gasteiger partial charge in [0.25, 0.3) is 0 Å². The van der Waals surface area contributed by atoms with Crippen LogP contribution < -0.4 is 5.32 Å². The molecule has 4 nitrogen and oxygen atoms in total. The summed E-state index contributed by atoms with van der Waals surface area (Å²) in [4.78, 5) is 0. The van der Waals surface area contributed by atoms with Crippen molar-refractivity contribution in [3.05, 3.63) is 17.5 Å². The first-order valence-corrected chi connectivity index (χ1v) is 6.90. The molecular weight excluding hydrogens is 226 g/mol. The van der Waals surface area contributed by atoms with Crippen LogP contribution in [0.5, 0.6) is 0 Å². The summed E-state index contributed by atoms with van der Waals surface area (Å²) in [7, 11) is 3.80. The number of hydrogen-bond acceptors (Lipinski definition) is 3. The van der Waals surface area contributed by atoms with Crippen LogP contribution in [-0.4, -0.2) is 36.6 Å². The molecule has 0 atom stereocenters. The fraction of sp³-hybridized carbons (Fsp3) is 0.786. The predicted molar refractivity (Wildman–Crippen MR) is 72.7 cm³/mol. The fourth-order valence-corrected chi connectivity index (χ4v) is 2.41. The van der Waals surface area contributed by atoms with Gasteiger partial charge in [-0.1, -0.05) is 6.92 Å². The first-order chi connectivity index (χ1) is 8.69. The van der Waals surface area contributed by atoms with Crippen molar-refractivity contribution in [2.45, 2.75) is 32.6 Å². The van der Waals surface area contributed by atoms with E-state index >= 15 is 0 Å². The van der Waals surface area contributed by atoms with E-state index in [-0.39, 0.29) is 0 Å². The van der Waals surface area contributed by atoms with E-state index in [9.17, 15) is 0 Å². The summed E-state index contributed by atoms with van der Waals surface area (Å²) in [6.45, 7) is 5.00. The largest absolute Gasteiger partial charge is 0.383 e. The molecule has 0 bridgehead atoms. The number of hydrogen-bond donors (Lipinski definition) is 1. The van der Waals surface area contributed by atoms with Gasteiger partial charge in [0, 0.05) is 32.9 Å². The number of methoxy groups -OCH3 is 1. The molecule has 1 fully saturated rings. The van der Waals surface area contributed by atoms with Crippen LogP contribution in [0.3, 0.4) is 0 Å². The number of nitrogens with one attached hydrogen (secondary N) is 1. The zero-order valence-corrected chi connectivity index (χ0v) is 11.8. The van der Waals surface area contributed by atoms with Crippen LogP contribution in [0.1, 0.15) is 31.2 Å². The lowest BCUT2D eigenvalue weighted by Gasteiger charge is -2.15. The monoisotopic (exact) mass is 251 g/mol. The molecule has 2 rings (SSSR count). The smallest absolute Gasteiger partial charge is 0.0624 e. The van der Waals surface area contributed by atoms with E-state index in [4.69, 9.17) is 4.74 Å². The van der Waals surface area contributed by atoms with Crippen LogP contribution in [0.15, 0.2) is 6.07 Å². The molecule has 1 aromatic heterocycles. The maximum absolute atomic E-state index is 5.06. The van der Waals surface area contributed by atoms with E-state index in [1.165, 1.54) is 24.2 Å². The lowest BCUT2D eigenvalue weighted by atomic mass is 10.00. The van der Waals surface area contributed by atoms with E-state index in [1.807, 2.05) is 4.68 Å². The molecule has 1 aliphatic rings. The first-order valence-electron chi connectivity index (χ1n) is 6.90. The van der Waals surface area contributed by atoms with Crippen LogP contribution in [0.4, 0.5) is 0 Å². The molecule has 102 valence electrons. The molecule has 0 unspecified atom stereocenters. The van der Waals surface area contributed by atoms with Crippen molar-refractivity contribution in [2.75, 3.05) is 26.8 Å². The molecule has 0 aromatic carbocycles. The van der Waals surface area contributed by atoms with Gasteiger partial charge in [0.15, 0.2) is 0 Å². The van der Waals surface area contributed by atoms with E-state index in [0.29, 0.717) is 5.41 Å². The number of rotatable bonds is 8. The summed E-state index contributed by atoms with van der Waals surface area (Å²) >= 11 is 0. The Morgan fingerprint density at radius 3 is 2.83 bits per heavy atom. The minimum Gasteiger partial charge on any atom is -0.383 e. The third-order valence-electron chi connectivity index (χ3n) is 3.89. The summed E-state index contributed by atoms with van der Waals surface area (Å²) in [6.07, 6.45) is 4.84. The molecule has 0 saturated heterocycles. The highest BCUT2D eigenvalue weighted by Crippen LogP contribution is 2.47. The molecule has 0 amide bonds. The van der Waals surface area contributed by atoms with Gasteiger partial charge in [0.2, 0.25) is 0 Å². The third-order valence-corrected chi connectivity index (χ3v) is 3.89. The van der Waals surface area contributed by atoms with Gasteiger partial charge in [-0.3, -0.25) is 4.68 Å². The SMILES string of the molecule is CCc1cc(CC2(CNCCOC)CC2)n(C)n1. The Kier molecular flexibility index (Phi) is 4.40. The minimum absolute atomic E-state index is 0.479. The Morgan fingerprint density at radius 1 is 1.50 bits per heavy atom. The molecule has 0 spiro atoms. The van der Waals surface area contributed by atoms with Crippen molar-refractivity contribution < 1.29 is 4.74 Å². The molecule has 1 aliphatic carbocycles. The first kappa shape index (κ1) is 13.6. The Labute approximate surface area is 110 Å². The van der Waals surface area contributed by atoms with Gasteiger partial charge in [-0.2, -0.15) is 5.10 Å². The van der Waals surface area contributed by atoms with Gasteiger partial charge in [-0.05, 0) is 37.2 Å². The van der Waals surface area contributed by atoms with Crippen molar-refractivity contribution in [2.24, 2.45) is 12.5 Å². The van der Waals surface area contributed by atoms with Crippen molar-refractivity contribution >= 4 is 0 Å². The quantitative estimate of drug-likeness (QED) is 0.712. The Bertz CT molecular complexity index is 382. The van der Waals surface area contributed by atoms with Gasteiger partial charge < -0.3 is 10.1 Å². The van der Waals surface area contributed by atoms with Crippen LogP contribution >= 0.6 is 0 Å². The van der Waals surface area contributed by atoms with Crippen LogP contribution in [0.25, 0.3) is 0 Å². The lowest BCUT2D eigenvalue weighted by Crippen LogP contribution is -2.28. The van der Waals surface area contributed by atoms with Gasteiger partial charge in [-0.15, -0.1) is 0 Å². The second kappa shape index (κ2) is 5.85. The highest BCUT2D eigenvalue weighted by molar-refractivity contribution is 5.15. The summed E-state index contributed by atoms with van der Waals surface area (Å²) < 4.78 is 7.11. The minimum atomic E-state index is 0.479. The fourth-order valence-electron chi connectivity index (χ4n) is 2.41. The van der Waals surface area contributed by atoms with E-state index < -0.39 is 0 Å². The molecule has 1 heterocycles. The zero-order valence-electron chi connectivity index (χ0n) is 11.8. The van der Waals surface area contributed by atoms with Gasteiger partial charge in [0.05, 0.1) is 12.3 Å². The van der Waals surface area contributed by atoms with Crippen molar-refractivity contribution in [3.8, 4) is 0 Å². The van der Waals surface area contributed by atoms with Crippen LogP contribution in [-0.2, 0) is 24.6 Å². The maximum Gasteiger partial charge on any atom is 0.0624 e. The van der Waals surface area contributed by atoms with E-state index in [0.717, 1.165) is 32.5 Å². The Hall–Kier alpha value is -0.870. The normalized spacial score (nSPS) is 17.1. The van der Waals surface area contributed by atoms with E-state index in [2.05, 4.69) is 30.5 Å². The molecular formula is C14H25N3O. The molecule has 18 heavy (non-hydrogen) atoms. The van der Waals surface area contributed by atoms with Crippen molar-refractivity contribution in [1.29, 1.82) is 0 Å². The molecule has 4 heteroatoms. The Morgan fingerprint density at radius 2 is 2.28 bits per heavy atom. The average Bonchev–Trinajstić information content (AvgIpc) is 3.04. The third kappa shape index (κ3) is 3.33. The van der Waals surface area contributed by atoms with Gasteiger partial charge in [0.1, 0.15) is 0 Å². The summed E-state index contributed by atoms with van der Waals surface area (Å²) in [5, 5.41) is 8.02. The van der Waals surface area contributed by atoms with Crippen molar-refractivity contribution in [1.82, 2.24) is 15.1 Å². The highest BCUT2D eigenvalue weighted by Gasteiger charge is 2.42. The molecule has 1 N–H and O–H groups in total. The second-order valence-corrected chi connectivity index (χ2v) is 5.45. The number of ether oxygens (including phenoxy) is 1. The standard InChI is InChI=1S/C14H25N3O/c1-4-12-9-13(17(2)16-12)10-14(5-6-14)11-15-7-8-18-3/h9,15H,4-8,10-11H2,1-3H3. The summed E-state index contributed by atoms with van der Waals surface area (Å²) in [5.41, 5.74) is 3.06. The predicted octanol–water partition coefficient (Wildman–Crippen LogP) is 1.54. The Balaban J connectivity index is 1.85. The highest BCUT2D eigenvalue weighted by atomic mass is 16.5. The van der Waals surface area contributed by atoms with Gasteiger partial charge >= 0.3 is 0 Å². The van der Waals surface area contributed by atoms with E-state index in [1.54, 1.807) is 7.11 Å². The maximum atomic E-state index is 5.06. The molecule has 0 radical (unpaired) electrons. The molecule has 1 aromatic rings. The second-order valence-electron chi connectivity index (χ2n) is 5.45. The molecule has 0 aliphatic heterocycles. The topological polar surface area (TPSA) is 39.1 Å². The number of aromatic nitrogens is 2. The van der Waals surface area contributed by atoms with Gasteiger partial charge in [-0.25, -0.2) is 0 Å². The number of nitrogens with zero attached hydrogens (tertiary/aromatic N) is 2. The summed E-state index contributed by atoms with van der Waals surface area (Å²) in [6, 6.07) is 2.26. The van der Waals surface area contributed by atoms with Crippen molar-refractivity contribution in [3.63, 3.8) is 0 Å². The lowest BCUT2D eigenvalue weighted by molar-refractivity contribution is 0.197.